The van der Waals surface area contributed by atoms with Crippen molar-refractivity contribution in [2.75, 3.05) is 25.0 Å². The molecule has 8 nitrogen and oxygen atoms in total. The minimum absolute atomic E-state index is 0.0710. The molecule has 1 aliphatic heterocycles. The number of rotatable bonds is 12. The summed E-state index contributed by atoms with van der Waals surface area (Å²) in [7, 11) is 0. The van der Waals surface area contributed by atoms with Crippen molar-refractivity contribution < 1.29 is 28.2 Å². The van der Waals surface area contributed by atoms with Crippen LogP contribution in [0, 0.1) is 16.7 Å². The van der Waals surface area contributed by atoms with Gasteiger partial charge in [0.2, 0.25) is 5.91 Å². The van der Waals surface area contributed by atoms with E-state index in [1.165, 1.54) is 17.2 Å². The van der Waals surface area contributed by atoms with Crippen molar-refractivity contribution >= 4 is 29.5 Å². The molecule has 1 aromatic heterocycles. The molecule has 0 unspecified atom stereocenters. The molecule has 47 heavy (non-hydrogen) atoms. The molecule has 252 valence electrons. The highest BCUT2D eigenvalue weighted by Gasteiger charge is 2.36. The zero-order valence-corrected chi connectivity index (χ0v) is 27.8. The molecule has 1 saturated carbocycles. The van der Waals surface area contributed by atoms with Crippen molar-refractivity contribution in [3.8, 4) is 5.75 Å². The number of halogens is 2. The van der Waals surface area contributed by atoms with Crippen LogP contribution in [0.1, 0.15) is 95.4 Å². The van der Waals surface area contributed by atoms with Crippen LogP contribution in [0.5, 0.6) is 5.75 Å². The van der Waals surface area contributed by atoms with E-state index in [9.17, 15) is 23.5 Å². The molecular weight excluding hydrogens is 602 g/mol. The number of allylic oxidation sites excluding steroid dienone is 2. The first-order chi connectivity index (χ1) is 22.3. The summed E-state index contributed by atoms with van der Waals surface area (Å²) in [4.78, 5) is 30.8. The van der Waals surface area contributed by atoms with Crippen LogP contribution in [0.4, 0.5) is 14.6 Å². The summed E-state index contributed by atoms with van der Waals surface area (Å²) in [6.45, 7) is 9.08. The molecule has 1 saturated heterocycles. The molecule has 10 heteroatoms. The average molecular weight is 649 g/mol. The molecule has 2 fully saturated rings. The fraction of sp³-hybridized carbons (Fsp3) is 0.514. The first kappa shape index (κ1) is 34.3. The summed E-state index contributed by atoms with van der Waals surface area (Å²) in [6, 6.07) is 11.4. The van der Waals surface area contributed by atoms with Gasteiger partial charge < -0.3 is 25.5 Å². The predicted octanol–water partition coefficient (Wildman–Crippen LogP) is 7.86. The number of pyridine rings is 1. The molecule has 0 bridgehead atoms. The van der Waals surface area contributed by atoms with Crippen molar-refractivity contribution in [1.29, 1.82) is 5.41 Å². The topological polar surface area (TPSA) is 116 Å². The summed E-state index contributed by atoms with van der Waals surface area (Å²) < 4.78 is 35.4. The van der Waals surface area contributed by atoms with E-state index < -0.39 is 23.2 Å². The van der Waals surface area contributed by atoms with Crippen LogP contribution in [-0.4, -0.2) is 58.7 Å². The lowest BCUT2D eigenvalue weighted by Gasteiger charge is -2.35. The molecule has 0 atom stereocenters. The highest BCUT2D eigenvalue weighted by atomic mass is 19.3. The van der Waals surface area contributed by atoms with E-state index in [0.717, 1.165) is 81.4 Å². The summed E-state index contributed by atoms with van der Waals surface area (Å²) >= 11 is 0. The molecule has 2 aromatic rings. The Morgan fingerprint density at radius 2 is 1.89 bits per heavy atom. The number of aliphatic carboxylic acids is 1. The number of likely N-dealkylation sites (tertiary alicyclic amines) is 1. The lowest BCUT2D eigenvalue weighted by Crippen LogP contribution is -2.38. The third-order valence-corrected chi connectivity index (χ3v) is 9.86. The molecule has 0 radical (unpaired) electrons. The van der Waals surface area contributed by atoms with E-state index in [0.29, 0.717) is 37.3 Å². The summed E-state index contributed by atoms with van der Waals surface area (Å²) in [5.41, 5.74) is 3.38. The lowest BCUT2D eigenvalue weighted by molar-refractivity contribution is -0.134. The zero-order valence-electron chi connectivity index (χ0n) is 27.8. The number of nitrogens with zero attached hydrogens (tertiary/aromatic N) is 2. The van der Waals surface area contributed by atoms with Crippen molar-refractivity contribution in [2.45, 2.75) is 90.9 Å². The number of benzene rings is 1. The smallest absolute Gasteiger partial charge is 0.339 e. The largest absolute Gasteiger partial charge is 0.489 e. The molecule has 5 rings (SSSR count). The number of ether oxygens (including phenoxy) is 1. The number of carboxylic acid groups (broad SMARTS) is 1. The van der Waals surface area contributed by atoms with E-state index in [1.807, 2.05) is 17.0 Å². The second-order valence-corrected chi connectivity index (χ2v) is 13.7. The minimum Gasteiger partial charge on any atom is -0.489 e. The number of nitrogens with one attached hydrogen (secondary N) is 2. The van der Waals surface area contributed by atoms with Crippen molar-refractivity contribution in [3.63, 3.8) is 0 Å². The number of amides is 1. The van der Waals surface area contributed by atoms with Crippen molar-refractivity contribution in [2.24, 2.45) is 11.3 Å². The molecule has 2 heterocycles. The minimum atomic E-state index is -3.53. The van der Waals surface area contributed by atoms with Gasteiger partial charge in [0.25, 0.3) is 5.92 Å². The number of hydrogen-bond acceptors (Lipinski definition) is 6. The van der Waals surface area contributed by atoms with E-state index in [1.54, 1.807) is 6.07 Å². The second kappa shape index (κ2) is 14.0. The number of alkyl halides is 2. The fourth-order valence-electron chi connectivity index (χ4n) is 6.97. The Hall–Kier alpha value is -4.08. The second-order valence-electron chi connectivity index (χ2n) is 13.7. The number of piperidine rings is 1. The number of carboxylic acids is 1. The van der Waals surface area contributed by atoms with Gasteiger partial charge >= 0.3 is 5.97 Å². The maximum Gasteiger partial charge on any atom is 0.339 e. The summed E-state index contributed by atoms with van der Waals surface area (Å²) in [5.74, 6) is -3.28. The van der Waals surface area contributed by atoms with Crippen LogP contribution in [0.25, 0.3) is 5.57 Å². The first-order valence-electron chi connectivity index (χ1n) is 16.7. The summed E-state index contributed by atoms with van der Waals surface area (Å²) in [6.07, 6.45) is 7.95. The van der Waals surface area contributed by atoms with Gasteiger partial charge in [0.15, 0.2) is 0 Å². The molecule has 1 aromatic carbocycles. The van der Waals surface area contributed by atoms with Gasteiger partial charge in [-0.25, -0.2) is 9.78 Å². The monoisotopic (exact) mass is 648 g/mol. The van der Waals surface area contributed by atoms with E-state index in [4.69, 9.17) is 10.1 Å². The highest BCUT2D eigenvalue weighted by molar-refractivity contribution is 6.09. The van der Waals surface area contributed by atoms with Crippen molar-refractivity contribution in [1.82, 2.24) is 9.88 Å². The van der Waals surface area contributed by atoms with E-state index in [-0.39, 0.29) is 17.2 Å². The third kappa shape index (κ3) is 7.91. The Labute approximate surface area is 275 Å². The van der Waals surface area contributed by atoms with Gasteiger partial charge in [-0.2, -0.15) is 8.78 Å². The van der Waals surface area contributed by atoms with Gasteiger partial charge in [-0.3, -0.25) is 4.79 Å². The molecule has 3 N–H and O–H groups in total. The normalized spacial score (nSPS) is 19.2. The van der Waals surface area contributed by atoms with Crippen molar-refractivity contribution in [3.05, 3.63) is 70.1 Å². The van der Waals surface area contributed by atoms with Crippen LogP contribution in [-0.2, 0) is 16.0 Å². The Kier molecular flexibility index (Phi) is 10.2. The van der Waals surface area contributed by atoms with Crippen LogP contribution >= 0.6 is 0 Å². The molecule has 1 amide bonds. The number of aryl methyl sites for hydroxylation is 1. The molecular formula is C37H46F2N4O4. The van der Waals surface area contributed by atoms with Crippen LogP contribution in [0.2, 0.25) is 0 Å². The maximum atomic E-state index is 14.5. The van der Waals surface area contributed by atoms with Crippen LogP contribution in [0.15, 0.2) is 53.2 Å². The zero-order chi connectivity index (χ0) is 33.9. The van der Waals surface area contributed by atoms with E-state index >= 15 is 0 Å². The Morgan fingerprint density at radius 1 is 1.17 bits per heavy atom. The van der Waals surface area contributed by atoms with Gasteiger partial charge in [0.1, 0.15) is 29.4 Å². The standard InChI is InChI=1S/C37H46F2N4O4/c1-5-23-20-26(13-14-27(23)24-15-18-43(19-16-24)34(44)25-11-12-25)47-22-30-28(8-7-17-36(30,2)3)31-9-6-10-32(41-31)42-33(37(4,38)39)29(21-40)35(45)46/h6,9-10,13-14,20-21,24-25,40H,5,7-8,11-12,15-19,22H2,1-4H3,(H,41,42)(H,45,46)/b33-29+,40-21?. The Bertz CT molecular complexity index is 1580. The number of hydrogen-bond donors (Lipinski definition) is 3. The number of carbonyl (C=O) groups is 2. The fourth-order valence-corrected chi connectivity index (χ4v) is 6.97. The highest BCUT2D eigenvalue weighted by Crippen LogP contribution is 2.44. The Morgan fingerprint density at radius 3 is 2.51 bits per heavy atom. The van der Waals surface area contributed by atoms with Gasteiger partial charge in [-0.05, 0) is 109 Å². The number of anilines is 1. The third-order valence-electron chi connectivity index (χ3n) is 9.86. The number of carbonyl (C=O) groups excluding carboxylic acids is 1. The van der Waals surface area contributed by atoms with Gasteiger partial charge in [-0.15, -0.1) is 0 Å². The van der Waals surface area contributed by atoms with Gasteiger partial charge in [0.05, 0.1) is 5.69 Å². The lowest BCUT2D eigenvalue weighted by atomic mass is 9.72. The van der Waals surface area contributed by atoms with Crippen LogP contribution in [0.3, 0.4) is 0 Å². The quantitative estimate of drug-likeness (QED) is 0.159. The van der Waals surface area contributed by atoms with Gasteiger partial charge in [-0.1, -0.05) is 32.9 Å². The average Bonchev–Trinajstić information content (AvgIpc) is 3.89. The van der Waals surface area contributed by atoms with Gasteiger partial charge in [0, 0.05) is 32.1 Å². The molecule has 3 aliphatic rings. The van der Waals surface area contributed by atoms with Crippen LogP contribution < -0.4 is 10.1 Å². The first-order valence-corrected chi connectivity index (χ1v) is 16.7. The molecule has 0 spiro atoms. The summed E-state index contributed by atoms with van der Waals surface area (Å²) in [5, 5.41) is 19.3. The Balaban J connectivity index is 1.36. The van der Waals surface area contributed by atoms with E-state index in [2.05, 4.69) is 43.2 Å². The molecule has 2 aliphatic carbocycles. The maximum absolute atomic E-state index is 14.5. The number of aromatic nitrogens is 1. The predicted molar refractivity (Wildman–Crippen MR) is 179 cm³/mol. The SMILES string of the molecule is CCc1cc(OCC2=C(c3cccc(N/C(=C(\C=N)C(=O)O)C(C)(F)F)n3)CCCC2(C)C)ccc1C1CCN(C(=O)C2CC2)CC1.